The average molecular weight is 264 g/mol. The number of carbonyl (C=O) groups is 1. The lowest BCUT2D eigenvalue weighted by atomic mass is 10.0. The summed E-state index contributed by atoms with van der Waals surface area (Å²) in [6, 6.07) is 5.12. The van der Waals surface area contributed by atoms with E-state index in [0.29, 0.717) is 13.1 Å². The third kappa shape index (κ3) is 3.59. The Kier molecular flexibility index (Phi) is 3.64. The number of pyridine rings is 1. The topological polar surface area (TPSA) is 62.4 Å². The van der Waals surface area contributed by atoms with Crippen LogP contribution in [-0.2, 0) is 4.74 Å². The van der Waals surface area contributed by atoms with Crippen LogP contribution in [0.4, 0.5) is 4.79 Å². The van der Waals surface area contributed by atoms with E-state index in [1.807, 2.05) is 26.8 Å². The number of hydrogen-bond acceptors (Lipinski definition) is 3. The van der Waals surface area contributed by atoms with Gasteiger partial charge in [0, 0.05) is 30.8 Å². The van der Waals surface area contributed by atoms with Gasteiger partial charge in [-0.2, -0.15) is 0 Å². The van der Waals surface area contributed by atoms with E-state index in [4.69, 9.17) is 4.74 Å². The number of nitrogens with zero attached hydrogens (tertiary/aromatic N) is 1. The third-order valence-electron chi connectivity index (χ3n) is 3.07. The number of aromatic amines is 1. The number of rotatable bonds is 1. The highest BCUT2D eigenvalue weighted by Gasteiger charge is 2.30. The van der Waals surface area contributed by atoms with Crippen molar-refractivity contribution >= 4 is 6.09 Å². The molecule has 2 heterocycles. The average Bonchev–Trinajstić information content (AvgIpc) is 2.75. The molecule has 0 aliphatic carbocycles. The summed E-state index contributed by atoms with van der Waals surface area (Å²) < 4.78 is 5.34. The quantitative estimate of drug-likeness (QED) is 0.845. The maximum Gasteiger partial charge on any atom is 0.410 e. The molecule has 1 aromatic heterocycles. The summed E-state index contributed by atoms with van der Waals surface area (Å²) in [6.07, 6.45) is 0.562. The van der Waals surface area contributed by atoms with Crippen molar-refractivity contribution in [2.45, 2.75) is 38.7 Å². The Morgan fingerprint density at radius 3 is 2.79 bits per heavy atom. The largest absolute Gasteiger partial charge is 0.444 e. The van der Waals surface area contributed by atoms with E-state index in [2.05, 4.69) is 4.98 Å². The fraction of sp³-hybridized carbons (Fsp3) is 0.571. The van der Waals surface area contributed by atoms with Gasteiger partial charge in [0.15, 0.2) is 0 Å². The van der Waals surface area contributed by atoms with Gasteiger partial charge in [-0.1, -0.05) is 6.07 Å². The maximum atomic E-state index is 11.9. The van der Waals surface area contributed by atoms with Gasteiger partial charge in [0.2, 0.25) is 5.56 Å². The molecule has 2 rings (SSSR count). The van der Waals surface area contributed by atoms with Crippen molar-refractivity contribution < 1.29 is 9.53 Å². The molecule has 0 bridgehead atoms. The number of likely N-dealkylation sites (tertiary alicyclic amines) is 1. The summed E-state index contributed by atoms with van der Waals surface area (Å²) >= 11 is 0. The molecule has 0 aromatic carbocycles. The monoisotopic (exact) mass is 264 g/mol. The number of amides is 1. The van der Waals surface area contributed by atoms with Crippen molar-refractivity contribution in [2.24, 2.45) is 0 Å². The molecule has 1 fully saturated rings. The van der Waals surface area contributed by atoms with Crippen molar-refractivity contribution in [1.29, 1.82) is 0 Å². The second-order valence-corrected chi connectivity index (χ2v) is 5.88. The van der Waals surface area contributed by atoms with E-state index >= 15 is 0 Å². The lowest BCUT2D eigenvalue weighted by molar-refractivity contribution is 0.0292. The lowest BCUT2D eigenvalue weighted by Gasteiger charge is -2.24. The van der Waals surface area contributed by atoms with Crippen LogP contribution in [0.2, 0.25) is 0 Å². The highest BCUT2D eigenvalue weighted by Crippen LogP contribution is 2.26. The third-order valence-corrected chi connectivity index (χ3v) is 3.07. The Labute approximate surface area is 112 Å². The first-order valence-corrected chi connectivity index (χ1v) is 6.52. The zero-order valence-electron chi connectivity index (χ0n) is 11.6. The molecule has 1 N–H and O–H groups in total. The Bertz CT molecular complexity index is 516. The van der Waals surface area contributed by atoms with Crippen molar-refractivity contribution in [2.75, 3.05) is 13.1 Å². The smallest absolute Gasteiger partial charge is 0.410 e. The van der Waals surface area contributed by atoms with E-state index in [9.17, 15) is 9.59 Å². The Balaban J connectivity index is 2.00. The van der Waals surface area contributed by atoms with Crippen molar-refractivity contribution in [3.63, 3.8) is 0 Å². The number of carbonyl (C=O) groups excluding carboxylic acids is 1. The van der Waals surface area contributed by atoms with Crippen LogP contribution < -0.4 is 5.56 Å². The fourth-order valence-electron chi connectivity index (χ4n) is 2.21. The number of hydrogen-bond donors (Lipinski definition) is 1. The summed E-state index contributed by atoms with van der Waals surface area (Å²) in [5.41, 5.74) is 0.308. The first-order valence-electron chi connectivity index (χ1n) is 6.52. The van der Waals surface area contributed by atoms with Crippen LogP contribution in [0.1, 0.15) is 38.8 Å². The van der Waals surface area contributed by atoms with E-state index in [1.165, 1.54) is 6.07 Å². The number of aromatic nitrogens is 1. The molecule has 0 spiro atoms. The van der Waals surface area contributed by atoms with E-state index in [0.717, 1.165) is 12.1 Å². The first-order chi connectivity index (χ1) is 8.85. The van der Waals surface area contributed by atoms with Gasteiger partial charge in [0.25, 0.3) is 0 Å². The second-order valence-electron chi connectivity index (χ2n) is 5.88. The molecular weight excluding hydrogens is 244 g/mol. The molecule has 1 saturated heterocycles. The van der Waals surface area contributed by atoms with Crippen molar-refractivity contribution in [3.8, 4) is 0 Å². The van der Waals surface area contributed by atoms with Gasteiger partial charge in [0.1, 0.15) is 5.60 Å². The molecule has 5 nitrogen and oxygen atoms in total. The van der Waals surface area contributed by atoms with Gasteiger partial charge in [-0.3, -0.25) is 4.79 Å². The normalized spacial score (nSPS) is 19.5. The minimum atomic E-state index is -0.476. The molecule has 19 heavy (non-hydrogen) atoms. The molecule has 0 saturated carbocycles. The van der Waals surface area contributed by atoms with E-state index in [-0.39, 0.29) is 17.6 Å². The van der Waals surface area contributed by atoms with Gasteiger partial charge >= 0.3 is 6.09 Å². The summed E-state index contributed by atoms with van der Waals surface area (Å²) in [5, 5.41) is 0. The first kappa shape index (κ1) is 13.6. The van der Waals surface area contributed by atoms with Gasteiger partial charge in [-0.05, 0) is 33.3 Å². The van der Waals surface area contributed by atoms with Gasteiger partial charge in [-0.15, -0.1) is 0 Å². The Morgan fingerprint density at radius 2 is 2.16 bits per heavy atom. The summed E-state index contributed by atoms with van der Waals surface area (Å²) in [4.78, 5) is 27.7. The number of H-pyrrole nitrogens is 1. The van der Waals surface area contributed by atoms with E-state index in [1.54, 1.807) is 11.0 Å². The second kappa shape index (κ2) is 5.07. The van der Waals surface area contributed by atoms with Crippen molar-refractivity contribution in [1.82, 2.24) is 9.88 Å². The minimum absolute atomic E-state index is 0.104. The van der Waals surface area contributed by atoms with Crippen LogP contribution >= 0.6 is 0 Å². The molecular formula is C14H20N2O3. The number of nitrogens with one attached hydrogen (secondary N) is 1. The van der Waals surface area contributed by atoms with Crippen LogP contribution in [0, 0.1) is 0 Å². The van der Waals surface area contributed by atoms with Crippen LogP contribution in [0.5, 0.6) is 0 Å². The van der Waals surface area contributed by atoms with Gasteiger partial charge in [0.05, 0.1) is 0 Å². The molecule has 1 aliphatic heterocycles. The summed E-state index contributed by atoms with van der Waals surface area (Å²) in [7, 11) is 0. The standard InChI is InChI=1S/C14H20N2O3/c1-14(2,3)19-13(18)16-8-7-10(9-16)11-5-4-6-12(17)15-11/h4-6,10H,7-9H2,1-3H3,(H,15,17). The molecule has 1 atom stereocenters. The summed E-state index contributed by atoms with van der Waals surface area (Å²) in [6.45, 7) is 6.82. The SMILES string of the molecule is CC(C)(C)OC(=O)N1CCC(c2cccc(=O)[nH]2)C1. The zero-order valence-corrected chi connectivity index (χ0v) is 11.6. The molecule has 1 amide bonds. The fourth-order valence-corrected chi connectivity index (χ4v) is 2.21. The highest BCUT2D eigenvalue weighted by atomic mass is 16.6. The molecule has 0 radical (unpaired) electrons. The molecule has 1 aliphatic rings. The summed E-state index contributed by atoms with van der Waals surface area (Å²) in [5.74, 6) is 0.182. The lowest BCUT2D eigenvalue weighted by Crippen LogP contribution is -2.35. The van der Waals surface area contributed by atoms with Gasteiger partial charge in [-0.25, -0.2) is 4.79 Å². The van der Waals surface area contributed by atoms with Crippen LogP contribution in [0.3, 0.4) is 0 Å². The van der Waals surface area contributed by atoms with Gasteiger partial charge < -0.3 is 14.6 Å². The number of ether oxygens (including phenoxy) is 1. The molecule has 1 aromatic rings. The Hall–Kier alpha value is -1.78. The predicted octanol–water partition coefficient (Wildman–Crippen LogP) is 2.10. The maximum absolute atomic E-state index is 11.9. The molecule has 104 valence electrons. The van der Waals surface area contributed by atoms with E-state index < -0.39 is 5.60 Å². The molecule has 1 unspecified atom stereocenters. The predicted molar refractivity (Wildman–Crippen MR) is 72.2 cm³/mol. The van der Waals surface area contributed by atoms with Crippen LogP contribution in [-0.4, -0.2) is 34.7 Å². The van der Waals surface area contributed by atoms with Crippen molar-refractivity contribution in [3.05, 3.63) is 34.2 Å². The molecule has 5 heteroatoms. The zero-order chi connectivity index (χ0) is 14.0. The Morgan fingerprint density at radius 1 is 1.42 bits per heavy atom. The van der Waals surface area contributed by atoms with Crippen LogP contribution in [0.25, 0.3) is 0 Å². The highest BCUT2D eigenvalue weighted by molar-refractivity contribution is 5.68. The minimum Gasteiger partial charge on any atom is -0.444 e. The van der Waals surface area contributed by atoms with Crippen LogP contribution in [0.15, 0.2) is 23.0 Å².